The largest absolute Gasteiger partial charge is 0.496 e. The number of aromatic nitrogens is 2. The Balaban J connectivity index is 1.65. The number of benzene rings is 2. The van der Waals surface area contributed by atoms with E-state index in [0.717, 1.165) is 22.5 Å². The van der Waals surface area contributed by atoms with Gasteiger partial charge in [-0.25, -0.2) is 4.79 Å². The lowest BCUT2D eigenvalue weighted by molar-refractivity contribution is 0.0955. The van der Waals surface area contributed by atoms with E-state index >= 15 is 0 Å². The molecule has 0 aliphatic rings. The average Bonchev–Trinajstić information content (AvgIpc) is 3.26. The van der Waals surface area contributed by atoms with Crippen molar-refractivity contribution in [2.24, 2.45) is 7.05 Å². The van der Waals surface area contributed by atoms with Crippen LogP contribution in [-0.2, 0) is 20.1 Å². The molecule has 0 unspecified atom stereocenters. The van der Waals surface area contributed by atoms with Crippen LogP contribution in [0.15, 0.2) is 70.3 Å². The fourth-order valence-corrected chi connectivity index (χ4v) is 4.43. The molecule has 0 bridgehead atoms. The summed E-state index contributed by atoms with van der Waals surface area (Å²) in [5.41, 5.74) is 0.884. The van der Waals surface area contributed by atoms with Crippen molar-refractivity contribution in [1.29, 1.82) is 0 Å². The first-order chi connectivity index (χ1) is 15.0. The highest BCUT2D eigenvalue weighted by molar-refractivity contribution is 7.20. The van der Waals surface area contributed by atoms with E-state index in [2.05, 4.69) is 5.32 Å². The second-order valence-corrected chi connectivity index (χ2v) is 8.07. The third-order valence-corrected chi connectivity index (χ3v) is 6.26. The molecule has 8 heteroatoms. The van der Waals surface area contributed by atoms with Crippen molar-refractivity contribution < 1.29 is 9.53 Å². The third kappa shape index (κ3) is 4.02. The van der Waals surface area contributed by atoms with Crippen LogP contribution in [0.4, 0.5) is 0 Å². The Hall–Kier alpha value is -3.65. The van der Waals surface area contributed by atoms with Crippen molar-refractivity contribution in [2.75, 3.05) is 7.11 Å². The molecule has 1 N–H and O–H groups in total. The van der Waals surface area contributed by atoms with Crippen molar-refractivity contribution in [1.82, 2.24) is 14.5 Å². The molecule has 1 amide bonds. The smallest absolute Gasteiger partial charge is 0.332 e. The van der Waals surface area contributed by atoms with Crippen LogP contribution in [0.5, 0.6) is 5.75 Å². The molecule has 31 heavy (non-hydrogen) atoms. The molecule has 2 aromatic carbocycles. The van der Waals surface area contributed by atoms with E-state index in [1.54, 1.807) is 20.2 Å². The predicted molar refractivity (Wildman–Crippen MR) is 121 cm³/mol. The van der Waals surface area contributed by atoms with Gasteiger partial charge in [0, 0.05) is 19.2 Å². The molecule has 2 heterocycles. The number of fused-ring (bicyclic) bond motifs is 1. The maximum absolute atomic E-state index is 13.0. The Kier molecular flexibility index (Phi) is 5.73. The molecule has 0 fully saturated rings. The summed E-state index contributed by atoms with van der Waals surface area (Å²) in [4.78, 5) is 39.4. The number of hydrogen-bond acceptors (Lipinski definition) is 5. The van der Waals surface area contributed by atoms with Crippen molar-refractivity contribution in [3.8, 4) is 5.75 Å². The van der Waals surface area contributed by atoms with Gasteiger partial charge in [-0.1, -0.05) is 48.5 Å². The Bertz CT molecular complexity index is 1370. The minimum atomic E-state index is -0.413. The summed E-state index contributed by atoms with van der Waals surface area (Å²) < 4.78 is 7.92. The lowest BCUT2D eigenvalue weighted by atomic mass is 10.2. The van der Waals surface area contributed by atoms with Crippen LogP contribution >= 0.6 is 11.3 Å². The number of nitrogens with zero attached hydrogens (tertiary/aromatic N) is 2. The van der Waals surface area contributed by atoms with Gasteiger partial charge in [-0.05, 0) is 17.7 Å². The summed E-state index contributed by atoms with van der Waals surface area (Å²) in [5.74, 6) is 0.374. The van der Waals surface area contributed by atoms with Gasteiger partial charge in [-0.2, -0.15) is 0 Å². The van der Waals surface area contributed by atoms with Crippen LogP contribution in [0.2, 0.25) is 0 Å². The second-order valence-electron chi connectivity index (χ2n) is 7.04. The van der Waals surface area contributed by atoms with E-state index in [4.69, 9.17) is 4.74 Å². The molecule has 0 aliphatic heterocycles. The molecule has 0 saturated carbocycles. The first-order valence-electron chi connectivity index (χ1n) is 9.67. The Morgan fingerprint density at radius 1 is 1.06 bits per heavy atom. The standard InChI is InChI=1S/C23H21N3O4S/c1-25-22-17(21(28)26(23(25)29)14-15-8-4-3-5-9-15)12-19(31-22)20(27)24-13-16-10-6-7-11-18(16)30-2/h3-12H,13-14H2,1-2H3,(H,24,27). The highest BCUT2D eigenvalue weighted by atomic mass is 32.1. The molecular weight excluding hydrogens is 414 g/mol. The Labute approximate surface area is 182 Å². The highest BCUT2D eigenvalue weighted by Crippen LogP contribution is 2.22. The van der Waals surface area contributed by atoms with Gasteiger partial charge in [0.2, 0.25) is 0 Å². The van der Waals surface area contributed by atoms with Crippen LogP contribution in [0.25, 0.3) is 10.2 Å². The predicted octanol–water partition coefficient (Wildman–Crippen LogP) is 2.75. The first kappa shape index (κ1) is 20.6. The number of rotatable bonds is 6. The number of amides is 1. The minimum Gasteiger partial charge on any atom is -0.496 e. The zero-order valence-electron chi connectivity index (χ0n) is 17.1. The fraction of sp³-hybridized carbons (Fsp3) is 0.174. The van der Waals surface area contributed by atoms with E-state index in [9.17, 15) is 14.4 Å². The number of aryl methyl sites for hydroxylation is 1. The van der Waals surface area contributed by atoms with Crippen LogP contribution in [0, 0.1) is 0 Å². The molecule has 0 spiro atoms. The Morgan fingerprint density at radius 2 is 1.77 bits per heavy atom. The monoisotopic (exact) mass is 435 g/mol. The summed E-state index contributed by atoms with van der Waals surface area (Å²) in [7, 11) is 3.19. The van der Waals surface area contributed by atoms with Crippen molar-refractivity contribution >= 4 is 27.5 Å². The van der Waals surface area contributed by atoms with Crippen LogP contribution in [0.1, 0.15) is 20.8 Å². The van der Waals surface area contributed by atoms with Gasteiger partial charge in [-0.15, -0.1) is 11.3 Å². The van der Waals surface area contributed by atoms with E-state index in [-0.39, 0.29) is 19.0 Å². The topological polar surface area (TPSA) is 82.3 Å². The quantitative estimate of drug-likeness (QED) is 0.505. The van der Waals surface area contributed by atoms with Crippen molar-refractivity contribution in [3.05, 3.63) is 97.5 Å². The summed E-state index contributed by atoms with van der Waals surface area (Å²) in [6.07, 6.45) is 0. The fourth-order valence-electron chi connectivity index (χ4n) is 3.41. The zero-order valence-corrected chi connectivity index (χ0v) is 17.9. The summed E-state index contributed by atoms with van der Waals surface area (Å²) in [6.45, 7) is 0.460. The number of carbonyl (C=O) groups is 1. The van der Waals surface area contributed by atoms with Gasteiger partial charge in [0.05, 0.1) is 23.9 Å². The molecule has 0 radical (unpaired) electrons. The number of nitrogens with one attached hydrogen (secondary N) is 1. The molecule has 4 rings (SSSR count). The number of methoxy groups -OCH3 is 1. The lowest BCUT2D eigenvalue weighted by Crippen LogP contribution is -2.38. The number of carbonyl (C=O) groups excluding carboxylic acids is 1. The molecule has 0 saturated heterocycles. The molecule has 7 nitrogen and oxygen atoms in total. The summed E-state index contributed by atoms with van der Waals surface area (Å²) in [6, 6.07) is 18.3. The SMILES string of the molecule is COc1ccccc1CNC(=O)c1cc2c(=O)n(Cc3ccccc3)c(=O)n(C)c2s1. The number of thiophene rings is 1. The first-order valence-corrected chi connectivity index (χ1v) is 10.5. The molecular formula is C23H21N3O4S. The molecule has 2 aromatic heterocycles. The van der Waals surface area contributed by atoms with E-state index in [1.807, 2.05) is 54.6 Å². The molecule has 4 aromatic rings. The summed E-state index contributed by atoms with van der Waals surface area (Å²) >= 11 is 1.13. The summed E-state index contributed by atoms with van der Waals surface area (Å²) in [5, 5.41) is 3.21. The average molecular weight is 436 g/mol. The van der Waals surface area contributed by atoms with Gasteiger partial charge < -0.3 is 10.1 Å². The molecule has 158 valence electrons. The van der Waals surface area contributed by atoms with E-state index in [0.29, 0.717) is 20.8 Å². The van der Waals surface area contributed by atoms with Crippen LogP contribution in [-0.4, -0.2) is 22.2 Å². The lowest BCUT2D eigenvalue weighted by Gasteiger charge is -2.08. The maximum Gasteiger partial charge on any atom is 0.332 e. The van der Waals surface area contributed by atoms with Crippen LogP contribution in [0.3, 0.4) is 0 Å². The van der Waals surface area contributed by atoms with E-state index < -0.39 is 11.2 Å². The van der Waals surface area contributed by atoms with Gasteiger partial charge in [-0.3, -0.25) is 18.7 Å². The zero-order chi connectivity index (χ0) is 22.0. The van der Waals surface area contributed by atoms with Gasteiger partial charge in [0.25, 0.3) is 11.5 Å². The van der Waals surface area contributed by atoms with Crippen molar-refractivity contribution in [3.63, 3.8) is 0 Å². The van der Waals surface area contributed by atoms with Gasteiger partial charge >= 0.3 is 5.69 Å². The minimum absolute atomic E-state index is 0.174. The number of para-hydroxylation sites is 1. The molecule has 0 aliphatic carbocycles. The number of ether oxygens (including phenoxy) is 1. The van der Waals surface area contributed by atoms with Crippen LogP contribution < -0.4 is 21.3 Å². The second kappa shape index (κ2) is 8.61. The molecule has 0 atom stereocenters. The van der Waals surface area contributed by atoms with E-state index in [1.165, 1.54) is 9.13 Å². The van der Waals surface area contributed by atoms with Gasteiger partial charge in [0.15, 0.2) is 0 Å². The normalized spacial score (nSPS) is 10.9. The number of hydrogen-bond donors (Lipinski definition) is 1. The third-order valence-electron chi connectivity index (χ3n) is 5.05. The maximum atomic E-state index is 13.0. The van der Waals surface area contributed by atoms with Crippen molar-refractivity contribution in [2.45, 2.75) is 13.1 Å². The highest BCUT2D eigenvalue weighted by Gasteiger charge is 2.18. The van der Waals surface area contributed by atoms with Gasteiger partial charge in [0.1, 0.15) is 10.6 Å². The Morgan fingerprint density at radius 3 is 2.52 bits per heavy atom.